The minimum Gasteiger partial charge on any atom is -0.468 e. The molecule has 4 rings (SSSR count). The lowest BCUT2D eigenvalue weighted by Gasteiger charge is -2.33. The summed E-state index contributed by atoms with van der Waals surface area (Å²) in [6.45, 7) is 2.60. The van der Waals surface area contributed by atoms with Crippen LogP contribution in [0.3, 0.4) is 0 Å². The average molecular weight is 396 g/mol. The molecule has 2 aliphatic rings. The zero-order valence-corrected chi connectivity index (χ0v) is 16.7. The van der Waals surface area contributed by atoms with Crippen LogP contribution in [0.25, 0.3) is 0 Å². The van der Waals surface area contributed by atoms with Crippen molar-refractivity contribution in [2.45, 2.75) is 44.6 Å². The van der Waals surface area contributed by atoms with Gasteiger partial charge in [0, 0.05) is 24.6 Å². The molecule has 6 nitrogen and oxygen atoms in total. The molecule has 0 saturated carbocycles. The first-order chi connectivity index (χ1) is 14.2. The van der Waals surface area contributed by atoms with Crippen LogP contribution in [0.15, 0.2) is 47.1 Å². The lowest BCUT2D eigenvalue weighted by molar-refractivity contribution is -0.123. The van der Waals surface area contributed by atoms with E-state index in [-0.39, 0.29) is 23.8 Å². The van der Waals surface area contributed by atoms with Crippen molar-refractivity contribution in [2.24, 2.45) is 5.92 Å². The summed E-state index contributed by atoms with van der Waals surface area (Å²) in [4.78, 5) is 27.2. The number of nitrogens with zero attached hydrogens (tertiary/aromatic N) is 1. The fraction of sp³-hybridized carbons (Fsp3) is 0.478. The van der Waals surface area contributed by atoms with Crippen LogP contribution >= 0.6 is 0 Å². The topological polar surface area (TPSA) is 74.6 Å². The molecule has 2 unspecified atom stereocenters. The van der Waals surface area contributed by atoms with Crippen LogP contribution in [0.5, 0.6) is 0 Å². The number of carbonyl (C=O) groups is 2. The van der Waals surface area contributed by atoms with Crippen molar-refractivity contribution >= 4 is 17.5 Å². The number of fused-ring (bicyclic) bond motifs is 1. The van der Waals surface area contributed by atoms with Crippen molar-refractivity contribution in [3.8, 4) is 0 Å². The summed E-state index contributed by atoms with van der Waals surface area (Å²) in [5.74, 6) is 0.748. The number of hydrogen-bond donors (Lipinski definition) is 2. The largest absolute Gasteiger partial charge is 0.468 e. The number of furan rings is 1. The Hall–Kier alpha value is -2.60. The molecule has 2 atom stereocenters. The van der Waals surface area contributed by atoms with Crippen LogP contribution in [0.1, 0.15) is 49.5 Å². The van der Waals surface area contributed by atoms with Crippen LogP contribution in [0.4, 0.5) is 5.69 Å². The first-order valence-electron chi connectivity index (χ1n) is 10.6. The predicted octanol–water partition coefficient (Wildman–Crippen LogP) is 3.51. The van der Waals surface area contributed by atoms with Gasteiger partial charge in [0.2, 0.25) is 11.8 Å². The molecule has 0 aliphatic carbocycles. The van der Waals surface area contributed by atoms with E-state index in [1.807, 2.05) is 36.4 Å². The van der Waals surface area contributed by atoms with Gasteiger partial charge in [-0.1, -0.05) is 24.6 Å². The Morgan fingerprint density at radius 3 is 2.79 bits per heavy atom. The zero-order valence-electron chi connectivity index (χ0n) is 16.7. The van der Waals surface area contributed by atoms with E-state index in [9.17, 15) is 9.59 Å². The fourth-order valence-corrected chi connectivity index (χ4v) is 4.37. The number of nitrogens with one attached hydrogen (secondary N) is 2. The second-order valence-electron chi connectivity index (χ2n) is 8.02. The third-order valence-electron chi connectivity index (χ3n) is 6.03. The number of benzene rings is 1. The molecule has 1 fully saturated rings. The average Bonchev–Trinajstić information content (AvgIpc) is 3.28. The van der Waals surface area contributed by atoms with Gasteiger partial charge in [-0.25, -0.2) is 0 Å². The molecule has 3 heterocycles. The summed E-state index contributed by atoms with van der Waals surface area (Å²) in [5.41, 5.74) is 2.03. The highest BCUT2D eigenvalue weighted by atomic mass is 16.3. The van der Waals surface area contributed by atoms with Gasteiger partial charge in [0.15, 0.2) is 0 Å². The number of hydrogen-bond acceptors (Lipinski definition) is 4. The molecule has 2 aromatic rings. The maximum absolute atomic E-state index is 12.5. The van der Waals surface area contributed by atoms with Crippen LogP contribution in [-0.4, -0.2) is 36.3 Å². The zero-order chi connectivity index (χ0) is 20.1. The lowest BCUT2D eigenvalue weighted by Crippen LogP contribution is -2.40. The van der Waals surface area contributed by atoms with Gasteiger partial charge in [0.25, 0.3) is 0 Å². The van der Waals surface area contributed by atoms with Gasteiger partial charge in [-0.3, -0.25) is 14.5 Å². The van der Waals surface area contributed by atoms with Crippen LogP contribution in [0.2, 0.25) is 0 Å². The van der Waals surface area contributed by atoms with E-state index in [0.717, 1.165) is 30.1 Å². The third-order valence-corrected chi connectivity index (χ3v) is 6.03. The molecular weight excluding hydrogens is 366 g/mol. The van der Waals surface area contributed by atoms with Crippen molar-refractivity contribution in [1.82, 2.24) is 10.2 Å². The van der Waals surface area contributed by atoms with Crippen LogP contribution in [-0.2, 0) is 16.0 Å². The molecule has 154 valence electrons. The van der Waals surface area contributed by atoms with E-state index in [4.69, 9.17) is 4.42 Å². The maximum atomic E-state index is 12.5. The summed E-state index contributed by atoms with van der Waals surface area (Å²) in [6, 6.07) is 11.8. The number of amides is 2. The molecule has 2 N–H and O–H groups in total. The molecule has 0 spiro atoms. The minimum atomic E-state index is -0.154. The Morgan fingerprint density at radius 2 is 2.00 bits per heavy atom. The van der Waals surface area contributed by atoms with Crippen molar-refractivity contribution in [1.29, 1.82) is 0 Å². The van der Waals surface area contributed by atoms with Crippen molar-refractivity contribution in [2.75, 3.05) is 25.0 Å². The van der Waals surface area contributed by atoms with Gasteiger partial charge in [-0.05, 0) is 62.5 Å². The highest BCUT2D eigenvalue weighted by Gasteiger charge is 2.27. The molecule has 1 aromatic carbocycles. The van der Waals surface area contributed by atoms with Crippen molar-refractivity contribution in [3.05, 3.63) is 54.0 Å². The van der Waals surface area contributed by atoms with E-state index in [2.05, 4.69) is 15.5 Å². The smallest absolute Gasteiger partial charge is 0.227 e. The van der Waals surface area contributed by atoms with E-state index in [1.54, 1.807) is 6.26 Å². The molecule has 2 aliphatic heterocycles. The fourth-order valence-electron chi connectivity index (χ4n) is 4.37. The first kappa shape index (κ1) is 19.7. The second kappa shape index (κ2) is 9.27. The lowest BCUT2D eigenvalue weighted by atomic mass is 9.89. The van der Waals surface area contributed by atoms with E-state index in [0.29, 0.717) is 25.8 Å². The Kier molecular flexibility index (Phi) is 6.30. The number of piperidine rings is 1. The molecule has 1 aromatic heterocycles. The SMILES string of the molecule is O=C(CCC1Cc2ccccc2NC1=O)NCC(c1ccco1)N1CCCCC1. The standard InChI is InChI=1S/C23H29N3O3/c27-22(11-10-18-15-17-7-2-3-8-19(17)25-23(18)28)24-16-20(21-9-6-14-29-21)26-12-4-1-5-13-26/h2-3,6-9,14,18,20H,1,4-5,10-13,15-16H2,(H,24,27)(H,25,28). The van der Waals surface area contributed by atoms with Gasteiger partial charge in [0.05, 0.1) is 12.3 Å². The Balaban J connectivity index is 1.29. The highest BCUT2D eigenvalue weighted by Crippen LogP contribution is 2.28. The summed E-state index contributed by atoms with van der Waals surface area (Å²) in [7, 11) is 0. The summed E-state index contributed by atoms with van der Waals surface area (Å²) in [5, 5.41) is 6.03. The Bertz CT molecular complexity index is 828. The number of carbonyl (C=O) groups excluding carboxylic acids is 2. The quantitative estimate of drug-likeness (QED) is 0.752. The summed E-state index contributed by atoms with van der Waals surface area (Å²) in [6.07, 6.45) is 6.92. The molecule has 0 bridgehead atoms. The van der Waals surface area contributed by atoms with Gasteiger partial charge in [-0.2, -0.15) is 0 Å². The van der Waals surface area contributed by atoms with E-state index in [1.165, 1.54) is 19.3 Å². The molecular formula is C23H29N3O3. The number of para-hydroxylation sites is 1. The van der Waals surface area contributed by atoms with E-state index < -0.39 is 0 Å². The Morgan fingerprint density at radius 1 is 1.17 bits per heavy atom. The third kappa shape index (κ3) is 4.88. The highest BCUT2D eigenvalue weighted by molar-refractivity contribution is 5.96. The van der Waals surface area contributed by atoms with E-state index >= 15 is 0 Å². The first-order valence-corrected chi connectivity index (χ1v) is 10.6. The van der Waals surface area contributed by atoms with Crippen LogP contribution in [0, 0.1) is 5.92 Å². The summed E-state index contributed by atoms with van der Waals surface area (Å²) < 4.78 is 5.64. The number of likely N-dealkylation sites (tertiary alicyclic amines) is 1. The molecule has 2 amide bonds. The van der Waals surface area contributed by atoms with Gasteiger partial charge < -0.3 is 15.1 Å². The van der Waals surface area contributed by atoms with Crippen molar-refractivity contribution < 1.29 is 14.0 Å². The molecule has 6 heteroatoms. The van der Waals surface area contributed by atoms with Gasteiger partial charge in [-0.15, -0.1) is 0 Å². The summed E-state index contributed by atoms with van der Waals surface area (Å²) >= 11 is 0. The number of anilines is 1. The predicted molar refractivity (Wildman–Crippen MR) is 111 cm³/mol. The van der Waals surface area contributed by atoms with Gasteiger partial charge in [0.1, 0.15) is 5.76 Å². The minimum absolute atomic E-state index is 0.00905. The molecule has 29 heavy (non-hydrogen) atoms. The molecule has 1 saturated heterocycles. The number of rotatable bonds is 7. The normalized spacial score (nSPS) is 20.6. The van der Waals surface area contributed by atoms with Crippen LogP contribution < -0.4 is 10.6 Å². The van der Waals surface area contributed by atoms with Gasteiger partial charge >= 0.3 is 0 Å². The second-order valence-corrected chi connectivity index (χ2v) is 8.02. The maximum Gasteiger partial charge on any atom is 0.227 e. The Labute approximate surface area is 171 Å². The monoisotopic (exact) mass is 395 g/mol. The van der Waals surface area contributed by atoms with Crippen molar-refractivity contribution in [3.63, 3.8) is 0 Å². The molecule has 0 radical (unpaired) electrons.